The summed E-state index contributed by atoms with van der Waals surface area (Å²) in [6.45, 7) is 12.8. The molecule has 0 aliphatic rings. The summed E-state index contributed by atoms with van der Waals surface area (Å²) >= 11 is 0. The lowest BCUT2D eigenvalue weighted by Gasteiger charge is -2.33. The van der Waals surface area contributed by atoms with Crippen LogP contribution in [0.25, 0.3) is 0 Å². The molecular weight excluding hydrogens is 228 g/mol. The number of ketones is 1. The van der Waals surface area contributed by atoms with Gasteiger partial charge in [-0.15, -0.1) is 0 Å². The normalized spacial score (nSPS) is 14.1. The molecule has 0 aliphatic heterocycles. The number of hydrogen-bond acceptors (Lipinski definition) is 2. The molecule has 0 heterocycles. The molecule has 0 amide bonds. The number of unbranched alkanes of at least 4 members (excludes halogenated alkanes) is 1. The minimum atomic E-state index is -1.88. The Morgan fingerprint density at radius 3 is 2.18 bits per heavy atom. The Bertz CT molecular complexity index is 224. The average Bonchev–Trinajstić information content (AvgIpc) is 2.20. The summed E-state index contributed by atoms with van der Waals surface area (Å²) in [6.07, 6.45) is 5.14. The molecule has 1 atom stereocenters. The topological polar surface area (TPSA) is 26.3 Å². The molecule has 3 heteroatoms. The maximum atomic E-state index is 12.3. The highest BCUT2D eigenvalue weighted by atomic mass is 28.4. The summed E-state index contributed by atoms with van der Waals surface area (Å²) in [5, 5.41) is 0. The average molecular weight is 258 g/mol. The Morgan fingerprint density at radius 1 is 1.18 bits per heavy atom. The molecule has 0 saturated heterocycles. The smallest absolute Gasteiger partial charge is 0.197 e. The zero-order valence-corrected chi connectivity index (χ0v) is 13.5. The second-order valence-corrected chi connectivity index (χ2v) is 9.82. The first-order chi connectivity index (χ1) is 7.85. The van der Waals surface area contributed by atoms with Crippen LogP contribution >= 0.6 is 0 Å². The quantitative estimate of drug-likeness (QED) is 0.567. The molecule has 0 aliphatic carbocycles. The van der Waals surface area contributed by atoms with E-state index in [1.807, 2.05) is 0 Å². The van der Waals surface area contributed by atoms with E-state index in [2.05, 4.69) is 40.8 Å². The van der Waals surface area contributed by atoms with Gasteiger partial charge in [-0.3, -0.25) is 4.79 Å². The van der Waals surface area contributed by atoms with Gasteiger partial charge in [0, 0.05) is 18.1 Å². The molecule has 102 valence electrons. The van der Waals surface area contributed by atoms with Crippen LogP contribution in [0.15, 0.2) is 0 Å². The minimum absolute atomic E-state index is 0.182. The van der Waals surface area contributed by atoms with Crippen LogP contribution in [0.1, 0.15) is 59.8 Å². The third-order valence-corrected chi connectivity index (χ3v) is 6.49. The Labute approximate surface area is 108 Å². The van der Waals surface area contributed by atoms with Crippen molar-refractivity contribution in [2.75, 3.05) is 0 Å². The van der Waals surface area contributed by atoms with E-state index in [4.69, 9.17) is 4.43 Å². The molecule has 0 spiro atoms. The van der Waals surface area contributed by atoms with Crippen molar-refractivity contribution in [1.82, 2.24) is 0 Å². The van der Waals surface area contributed by atoms with Crippen LogP contribution in [0.2, 0.25) is 18.6 Å². The van der Waals surface area contributed by atoms with Crippen LogP contribution in [0.4, 0.5) is 0 Å². The summed E-state index contributed by atoms with van der Waals surface area (Å²) in [4.78, 5) is 12.3. The lowest BCUT2D eigenvalue weighted by atomic mass is 10.1. The molecular formula is C14H30O2Si. The van der Waals surface area contributed by atoms with E-state index >= 15 is 0 Å². The first-order valence-corrected chi connectivity index (χ1v) is 10.0. The number of hydrogen-bond donors (Lipinski definition) is 0. The SMILES string of the molecule is CCCCC(=O)[C@@H](CCC)[Si](C)(C)OC(C)C. The van der Waals surface area contributed by atoms with Crippen molar-refractivity contribution in [3.63, 3.8) is 0 Å². The zero-order valence-electron chi connectivity index (χ0n) is 12.5. The van der Waals surface area contributed by atoms with Crippen molar-refractivity contribution in [3.05, 3.63) is 0 Å². The zero-order chi connectivity index (χ0) is 13.5. The summed E-state index contributed by atoms with van der Waals surface area (Å²) < 4.78 is 6.07. The van der Waals surface area contributed by atoms with Gasteiger partial charge in [-0.05, 0) is 39.8 Å². The lowest BCUT2D eigenvalue weighted by Crippen LogP contribution is -2.42. The largest absolute Gasteiger partial charge is 0.414 e. The first-order valence-electron chi connectivity index (χ1n) is 7.05. The second-order valence-electron chi connectivity index (χ2n) is 5.68. The Morgan fingerprint density at radius 2 is 1.76 bits per heavy atom. The molecule has 0 aromatic heterocycles. The molecule has 0 unspecified atom stereocenters. The standard InChI is InChI=1S/C14H30O2Si/c1-7-9-11-13(15)14(10-8-2)17(5,6)16-12(3)4/h12,14H,7-11H2,1-6H3/t14-/m1/s1. The van der Waals surface area contributed by atoms with Gasteiger partial charge in [0.15, 0.2) is 8.32 Å². The molecule has 2 nitrogen and oxygen atoms in total. The molecule has 0 bridgehead atoms. The summed E-state index contributed by atoms with van der Waals surface area (Å²) in [7, 11) is -1.88. The van der Waals surface area contributed by atoms with E-state index in [1.54, 1.807) is 0 Å². The van der Waals surface area contributed by atoms with Gasteiger partial charge in [-0.2, -0.15) is 0 Å². The summed E-state index contributed by atoms with van der Waals surface area (Å²) in [6, 6.07) is 0. The van der Waals surface area contributed by atoms with E-state index < -0.39 is 8.32 Å². The van der Waals surface area contributed by atoms with Crippen molar-refractivity contribution in [1.29, 1.82) is 0 Å². The van der Waals surface area contributed by atoms with E-state index in [0.717, 1.165) is 32.1 Å². The summed E-state index contributed by atoms with van der Waals surface area (Å²) in [5.41, 5.74) is 0.182. The second kappa shape index (κ2) is 8.04. The van der Waals surface area contributed by atoms with Gasteiger partial charge in [0.25, 0.3) is 0 Å². The number of rotatable bonds is 9. The van der Waals surface area contributed by atoms with Gasteiger partial charge in [0.2, 0.25) is 0 Å². The Kier molecular flexibility index (Phi) is 7.97. The fourth-order valence-electron chi connectivity index (χ4n) is 2.40. The Balaban J connectivity index is 4.63. The third-order valence-electron chi connectivity index (χ3n) is 3.12. The van der Waals surface area contributed by atoms with Crippen LogP contribution in [-0.4, -0.2) is 20.2 Å². The van der Waals surface area contributed by atoms with E-state index in [9.17, 15) is 4.79 Å². The number of carbonyl (C=O) groups is 1. The molecule has 17 heavy (non-hydrogen) atoms. The van der Waals surface area contributed by atoms with Gasteiger partial charge >= 0.3 is 0 Å². The number of Topliss-reactive ketones (excluding diaryl/α,β-unsaturated/α-hetero) is 1. The highest BCUT2D eigenvalue weighted by Gasteiger charge is 2.38. The van der Waals surface area contributed by atoms with Crippen molar-refractivity contribution in [2.45, 2.75) is 84.5 Å². The van der Waals surface area contributed by atoms with Crippen LogP contribution in [-0.2, 0) is 9.22 Å². The van der Waals surface area contributed by atoms with Gasteiger partial charge in [0.05, 0.1) is 0 Å². The van der Waals surface area contributed by atoms with E-state index in [0.29, 0.717) is 5.78 Å². The molecule has 0 fully saturated rings. The Hall–Kier alpha value is -0.153. The van der Waals surface area contributed by atoms with Gasteiger partial charge in [-0.1, -0.05) is 26.7 Å². The molecule has 0 rings (SSSR count). The van der Waals surface area contributed by atoms with Crippen LogP contribution in [0, 0.1) is 0 Å². The maximum absolute atomic E-state index is 12.3. The highest BCUT2D eigenvalue weighted by Crippen LogP contribution is 2.31. The van der Waals surface area contributed by atoms with Gasteiger partial charge in [-0.25, -0.2) is 0 Å². The van der Waals surface area contributed by atoms with Gasteiger partial charge in [0.1, 0.15) is 5.78 Å². The first kappa shape index (κ1) is 16.8. The van der Waals surface area contributed by atoms with Crippen LogP contribution < -0.4 is 0 Å². The predicted octanol–water partition coefficient (Wildman–Crippen LogP) is 4.55. The van der Waals surface area contributed by atoms with Crippen molar-refractivity contribution in [3.8, 4) is 0 Å². The highest BCUT2D eigenvalue weighted by molar-refractivity contribution is 6.76. The fourth-order valence-corrected chi connectivity index (χ4v) is 5.68. The van der Waals surface area contributed by atoms with E-state index in [-0.39, 0.29) is 11.6 Å². The predicted molar refractivity (Wildman–Crippen MR) is 76.9 cm³/mol. The molecule has 0 N–H and O–H groups in total. The maximum Gasteiger partial charge on any atom is 0.197 e. The van der Waals surface area contributed by atoms with E-state index in [1.165, 1.54) is 0 Å². The van der Waals surface area contributed by atoms with Crippen molar-refractivity contribution < 1.29 is 9.22 Å². The van der Waals surface area contributed by atoms with Crippen molar-refractivity contribution in [2.24, 2.45) is 0 Å². The third kappa shape index (κ3) is 6.37. The van der Waals surface area contributed by atoms with Crippen LogP contribution in [0.5, 0.6) is 0 Å². The summed E-state index contributed by atoms with van der Waals surface area (Å²) in [5.74, 6) is 0.436. The van der Waals surface area contributed by atoms with Crippen molar-refractivity contribution >= 4 is 14.1 Å². The lowest BCUT2D eigenvalue weighted by molar-refractivity contribution is -0.119. The molecule has 0 saturated carbocycles. The monoisotopic (exact) mass is 258 g/mol. The van der Waals surface area contributed by atoms with Crippen LogP contribution in [0.3, 0.4) is 0 Å². The molecule has 0 radical (unpaired) electrons. The van der Waals surface area contributed by atoms with Gasteiger partial charge < -0.3 is 4.43 Å². The minimum Gasteiger partial charge on any atom is -0.414 e. The number of carbonyl (C=O) groups excluding carboxylic acids is 1. The fraction of sp³-hybridized carbons (Fsp3) is 0.929. The molecule has 0 aromatic carbocycles. The molecule has 0 aromatic rings.